The molecule has 1 atom stereocenters. The van der Waals surface area contributed by atoms with Crippen LogP contribution in [0.2, 0.25) is 0 Å². The number of ether oxygens (including phenoxy) is 1. The highest BCUT2D eigenvalue weighted by molar-refractivity contribution is 5.97. The largest absolute Gasteiger partial charge is 0.467 e. The van der Waals surface area contributed by atoms with E-state index in [9.17, 15) is 9.59 Å². The summed E-state index contributed by atoms with van der Waals surface area (Å²) < 4.78 is 6.27. The van der Waals surface area contributed by atoms with Gasteiger partial charge in [0.15, 0.2) is 0 Å². The fraction of sp³-hybridized carbons (Fsp3) is 0.583. The molecule has 100 valence electrons. The summed E-state index contributed by atoms with van der Waals surface area (Å²) in [7, 11) is 3.04. The second-order valence-electron chi connectivity index (χ2n) is 4.43. The molecule has 1 heterocycles. The van der Waals surface area contributed by atoms with Crippen molar-refractivity contribution in [2.45, 2.75) is 32.2 Å². The van der Waals surface area contributed by atoms with Crippen LogP contribution in [0.4, 0.5) is 0 Å². The van der Waals surface area contributed by atoms with E-state index in [4.69, 9.17) is 4.74 Å². The quantitative estimate of drug-likeness (QED) is 0.791. The third-order valence-electron chi connectivity index (χ3n) is 2.74. The molecule has 1 unspecified atom stereocenters. The Balaban J connectivity index is 2.84. The molecule has 18 heavy (non-hydrogen) atoms. The monoisotopic (exact) mass is 253 g/mol. The maximum absolute atomic E-state index is 12.0. The van der Waals surface area contributed by atoms with Crippen LogP contribution in [0.15, 0.2) is 12.4 Å². The van der Waals surface area contributed by atoms with Gasteiger partial charge in [-0.1, -0.05) is 13.3 Å². The summed E-state index contributed by atoms with van der Waals surface area (Å²) >= 11 is 0. The Bertz CT molecular complexity index is 442. The van der Waals surface area contributed by atoms with Gasteiger partial charge in [0.05, 0.1) is 18.9 Å². The Hall–Kier alpha value is -1.85. The second kappa shape index (κ2) is 5.66. The van der Waals surface area contributed by atoms with Crippen molar-refractivity contribution in [2.24, 2.45) is 7.05 Å². The molecule has 6 heteroatoms. The molecular weight excluding hydrogens is 234 g/mol. The molecule has 1 aromatic rings. The molecule has 0 saturated carbocycles. The van der Waals surface area contributed by atoms with Crippen LogP contribution >= 0.6 is 0 Å². The number of nitrogens with one attached hydrogen (secondary N) is 1. The molecule has 0 bridgehead atoms. The number of aryl methyl sites for hydroxylation is 1. The summed E-state index contributed by atoms with van der Waals surface area (Å²) in [5.41, 5.74) is -0.583. The Labute approximate surface area is 106 Å². The molecule has 0 spiro atoms. The number of amides is 1. The van der Waals surface area contributed by atoms with Crippen molar-refractivity contribution in [2.75, 3.05) is 7.11 Å². The normalized spacial score (nSPS) is 13.8. The standard InChI is InChI=1S/C12H19N3O3/c1-5-6-12(2,11(17)18-4)14-10(16)9-7-13-15(3)8-9/h7-8H,5-6H2,1-4H3,(H,14,16). The number of aromatic nitrogens is 2. The number of nitrogens with zero attached hydrogens (tertiary/aromatic N) is 2. The molecule has 0 fully saturated rings. The molecule has 0 aliphatic heterocycles. The van der Waals surface area contributed by atoms with Gasteiger partial charge in [0.1, 0.15) is 5.54 Å². The van der Waals surface area contributed by atoms with Gasteiger partial charge in [-0.05, 0) is 13.3 Å². The van der Waals surface area contributed by atoms with Crippen LogP contribution in [0.1, 0.15) is 37.0 Å². The van der Waals surface area contributed by atoms with Crippen molar-refractivity contribution < 1.29 is 14.3 Å². The number of hydrogen-bond acceptors (Lipinski definition) is 4. The molecule has 1 aromatic heterocycles. The fourth-order valence-corrected chi connectivity index (χ4v) is 1.80. The van der Waals surface area contributed by atoms with E-state index in [1.54, 1.807) is 20.2 Å². The molecule has 0 aliphatic rings. The number of carbonyl (C=O) groups is 2. The van der Waals surface area contributed by atoms with Crippen LogP contribution < -0.4 is 5.32 Å². The fourth-order valence-electron chi connectivity index (χ4n) is 1.80. The summed E-state index contributed by atoms with van der Waals surface area (Å²) in [5.74, 6) is -0.772. The van der Waals surface area contributed by atoms with E-state index < -0.39 is 11.5 Å². The first-order chi connectivity index (χ1) is 8.42. The average molecular weight is 253 g/mol. The van der Waals surface area contributed by atoms with E-state index in [2.05, 4.69) is 10.4 Å². The Morgan fingerprint density at radius 3 is 2.67 bits per heavy atom. The van der Waals surface area contributed by atoms with Crippen molar-refractivity contribution in [3.63, 3.8) is 0 Å². The highest BCUT2D eigenvalue weighted by atomic mass is 16.5. The lowest BCUT2D eigenvalue weighted by Crippen LogP contribution is -2.52. The van der Waals surface area contributed by atoms with Gasteiger partial charge < -0.3 is 10.1 Å². The lowest BCUT2D eigenvalue weighted by molar-refractivity contribution is -0.147. The van der Waals surface area contributed by atoms with Gasteiger partial charge in [-0.25, -0.2) is 4.79 Å². The van der Waals surface area contributed by atoms with Gasteiger partial charge in [0.25, 0.3) is 5.91 Å². The lowest BCUT2D eigenvalue weighted by Gasteiger charge is -2.27. The van der Waals surface area contributed by atoms with Crippen molar-refractivity contribution in [1.29, 1.82) is 0 Å². The topological polar surface area (TPSA) is 73.2 Å². The zero-order chi connectivity index (χ0) is 13.8. The number of carbonyl (C=O) groups excluding carboxylic acids is 2. The summed E-state index contributed by atoms with van der Waals surface area (Å²) in [6.45, 7) is 3.61. The van der Waals surface area contributed by atoms with Crippen LogP contribution in [0.5, 0.6) is 0 Å². The van der Waals surface area contributed by atoms with Gasteiger partial charge in [0, 0.05) is 13.2 Å². The SMILES string of the molecule is CCCC(C)(NC(=O)c1cnn(C)c1)C(=O)OC. The molecule has 1 rings (SSSR count). The van der Waals surface area contributed by atoms with Crippen molar-refractivity contribution in [3.8, 4) is 0 Å². The highest BCUT2D eigenvalue weighted by Crippen LogP contribution is 2.15. The maximum atomic E-state index is 12.0. The third kappa shape index (κ3) is 3.09. The van der Waals surface area contributed by atoms with Crippen LogP contribution in [-0.4, -0.2) is 34.3 Å². The van der Waals surface area contributed by atoms with E-state index in [1.165, 1.54) is 18.0 Å². The molecule has 0 saturated heterocycles. The molecule has 1 amide bonds. The molecule has 0 aromatic carbocycles. The predicted octanol–water partition coefficient (Wildman–Crippen LogP) is 0.882. The summed E-state index contributed by atoms with van der Waals surface area (Å²) in [6.07, 6.45) is 4.34. The first kappa shape index (κ1) is 14.2. The van der Waals surface area contributed by atoms with Crippen LogP contribution in [-0.2, 0) is 16.6 Å². The van der Waals surface area contributed by atoms with Gasteiger partial charge >= 0.3 is 5.97 Å². The average Bonchev–Trinajstić information content (AvgIpc) is 2.75. The summed E-state index contributed by atoms with van der Waals surface area (Å²) in [6, 6.07) is 0. The van der Waals surface area contributed by atoms with Gasteiger partial charge in [-0.3, -0.25) is 9.48 Å². The van der Waals surface area contributed by atoms with Crippen LogP contribution in [0, 0.1) is 0 Å². The second-order valence-corrected chi connectivity index (χ2v) is 4.43. The van der Waals surface area contributed by atoms with E-state index in [0.717, 1.165) is 6.42 Å². The van der Waals surface area contributed by atoms with Crippen LogP contribution in [0.3, 0.4) is 0 Å². The number of methoxy groups -OCH3 is 1. The number of esters is 1. The van der Waals surface area contributed by atoms with E-state index in [-0.39, 0.29) is 5.91 Å². The Kier molecular flexibility index (Phi) is 4.47. The number of rotatable bonds is 5. The van der Waals surface area contributed by atoms with E-state index >= 15 is 0 Å². The van der Waals surface area contributed by atoms with Gasteiger partial charge in [0.2, 0.25) is 0 Å². The van der Waals surface area contributed by atoms with Crippen LogP contribution in [0.25, 0.3) is 0 Å². The smallest absolute Gasteiger partial charge is 0.331 e. The minimum absolute atomic E-state index is 0.329. The van der Waals surface area contributed by atoms with E-state index in [1.807, 2.05) is 6.92 Å². The first-order valence-corrected chi connectivity index (χ1v) is 5.82. The van der Waals surface area contributed by atoms with Gasteiger partial charge in [-0.2, -0.15) is 5.10 Å². The zero-order valence-corrected chi connectivity index (χ0v) is 11.2. The minimum atomic E-state index is -1.00. The summed E-state index contributed by atoms with van der Waals surface area (Å²) in [4.78, 5) is 23.7. The van der Waals surface area contributed by atoms with Crippen molar-refractivity contribution >= 4 is 11.9 Å². The number of hydrogen-bond donors (Lipinski definition) is 1. The highest BCUT2D eigenvalue weighted by Gasteiger charge is 2.35. The maximum Gasteiger partial charge on any atom is 0.331 e. The summed E-state index contributed by atoms with van der Waals surface area (Å²) in [5, 5.41) is 6.63. The van der Waals surface area contributed by atoms with Gasteiger partial charge in [-0.15, -0.1) is 0 Å². The third-order valence-corrected chi connectivity index (χ3v) is 2.74. The lowest BCUT2D eigenvalue weighted by atomic mass is 9.96. The van der Waals surface area contributed by atoms with Crippen molar-refractivity contribution in [3.05, 3.63) is 18.0 Å². The molecule has 6 nitrogen and oxygen atoms in total. The van der Waals surface area contributed by atoms with Crippen molar-refractivity contribution in [1.82, 2.24) is 15.1 Å². The Morgan fingerprint density at radius 2 is 2.22 bits per heavy atom. The zero-order valence-electron chi connectivity index (χ0n) is 11.2. The Morgan fingerprint density at radius 1 is 1.56 bits per heavy atom. The first-order valence-electron chi connectivity index (χ1n) is 5.82. The molecule has 0 aliphatic carbocycles. The molecule has 1 N–H and O–H groups in total. The minimum Gasteiger partial charge on any atom is -0.467 e. The molecular formula is C12H19N3O3. The molecule has 0 radical (unpaired) electrons. The van der Waals surface area contributed by atoms with E-state index in [0.29, 0.717) is 12.0 Å². The predicted molar refractivity (Wildman–Crippen MR) is 66.0 cm³/mol.